The minimum atomic E-state index is -0.519. The van der Waals surface area contributed by atoms with E-state index in [4.69, 9.17) is 14.2 Å². The maximum absolute atomic E-state index is 12.5. The molecule has 0 radical (unpaired) electrons. The molecular formula is C26H39NO5. The maximum atomic E-state index is 12.5. The average molecular weight is 446 g/mol. The van der Waals surface area contributed by atoms with Crippen LogP contribution in [0.25, 0.3) is 0 Å². The van der Waals surface area contributed by atoms with Crippen molar-refractivity contribution in [3.8, 4) is 11.6 Å². The van der Waals surface area contributed by atoms with Crippen LogP contribution in [-0.4, -0.2) is 42.1 Å². The second-order valence-electron chi connectivity index (χ2n) is 9.20. The van der Waals surface area contributed by atoms with Crippen molar-refractivity contribution in [1.29, 1.82) is 0 Å². The van der Waals surface area contributed by atoms with Crippen molar-refractivity contribution in [2.75, 3.05) is 14.2 Å². The van der Waals surface area contributed by atoms with Gasteiger partial charge in [0.05, 0.1) is 26.4 Å². The van der Waals surface area contributed by atoms with Gasteiger partial charge in [-0.25, -0.2) is 0 Å². The van der Waals surface area contributed by atoms with Crippen LogP contribution in [0.1, 0.15) is 59.2 Å². The van der Waals surface area contributed by atoms with E-state index in [1.165, 1.54) is 25.4 Å². The Morgan fingerprint density at radius 2 is 1.88 bits per heavy atom. The van der Waals surface area contributed by atoms with Gasteiger partial charge in [0.15, 0.2) is 0 Å². The highest BCUT2D eigenvalue weighted by atomic mass is 16.6. The summed E-state index contributed by atoms with van der Waals surface area (Å²) in [4.78, 5) is 15.6. The number of allylic oxidation sites excluding steroid dienone is 5. The summed E-state index contributed by atoms with van der Waals surface area (Å²) in [5.41, 5.74) is 4.43. The zero-order valence-electron chi connectivity index (χ0n) is 21.0. The molecule has 1 aromatic rings. The Kier molecular flexibility index (Phi) is 8.54. The van der Waals surface area contributed by atoms with E-state index >= 15 is 0 Å². The first-order chi connectivity index (χ1) is 14.9. The molecule has 0 aromatic carbocycles. The van der Waals surface area contributed by atoms with Crippen LogP contribution in [0.5, 0.6) is 11.6 Å². The number of rotatable bonds is 10. The number of aromatic amines is 1. The van der Waals surface area contributed by atoms with E-state index in [1.807, 2.05) is 20.8 Å². The minimum absolute atomic E-state index is 0.00971. The summed E-state index contributed by atoms with van der Waals surface area (Å²) in [6.07, 6.45) is 7.40. The Labute approximate surface area is 192 Å². The normalized spacial score (nSPS) is 23.7. The van der Waals surface area contributed by atoms with Gasteiger partial charge in [-0.1, -0.05) is 41.9 Å². The molecule has 1 fully saturated rings. The van der Waals surface area contributed by atoms with E-state index in [1.54, 1.807) is 6.92 Å². The highest BCUT2D eigenvalue weighted by Gasteiger charge is 2.55. The van der Waals surface area contributed by atoms with Crippen molar-refractivity contribution >= 4 is 0 Å². The van der Waals surface area contributed by atoms with Crippen molar-refractivity contribution < 1.29 is 19.3 Å². The summed E-state index contributed by atoms with van der Waals surface area (Å²) in [5.74, 6) is 0.555. The fourth-order valence-corrected chi connectivity index (χ4v) is 4.19. The summed E-state index contributed by atoms with van der Waals surface area (Å²) in [7, 11) is 2.97. The molecular weight excluding hydrogens is 406 g/mol. The molecule has 178 valence electrons. The summed E-state index contributed by atoms with van der Waals surface area (Å²) >= 11 is 0. The van der Waals surface area contributed by atoms with E-state index in [0.717, 1.165) is 17.7 Å². The third kappa shape index (κ3) is 5.93. The number of H-pyrrole nitrogens is 1. The van der Waals surface area contributed by atoms with Crippen LogP contribution in [0.4, 0.5) is 0 Å². The van der Waals surface area contributed by atoms with E-state index in [9.17, 15) is 9.90 Å². The predicted molar refractivity (Wildman–Crippen MR) is 129 cm³/mol. The standard InChI is InChI=1S/C26H39NO5/c1-15(10-11-21-19(5)22(28)23(30-8)25(27-21)31-9)12-16(2)13-17(3)14-18(4)24(29)26(7)20(6)32-26/h10,13-14,18,20,24,29H,11-12H2,1-9H3,(H,27,28)/t18-,20+,24-,26-/m1/s1. The molecule has 32 heavy (non-hydrogen) atoms. The number of ether oxygens (including phenoxy) is 3. The fourth-order valence-electron chi connectivity index (χ4n) is 4.19. The van der Waals surface area contributed by atoms with Crippen LogP contribution in [0.15, 0.2) is 39.7 Å². The lowest BCUT2D eigenvalue weighted by Crippen LogP contribution is -2.33. The number of epoxide rings is 1. The van der Waals surface area contributed by atoms with Crippen molar-refractivity contribution in [2.45, 2.75) is 79.1 Å². The number of aliphatic hydroxyl groups is 1. The first-order valence-electron chi connectivity index (χ1n) is 11.1. The van der Waals surface area contributed by atoms with Crippen molar-refractivity contribution in [3.63, 3.8) is 0 Å². The molecule has 0 amide bonds. The molecule has 1 aliphatic heterocycles. The number of methoxy groups -OCH3 is 2. The highest BCUT2D eigenvalue weighted by molar-refractivity contribution is 5.40. The maximum Gasteiger partial charge on any atom is 0.238 e. The van der Waals surface area contributed by atoms with Crippen LogP contribution in [0.3, 0.4) is 0 Å². The average Bonchev–Trinajstić information content (AvgIpc) is 3.35. The summed E-state index contributed by atoms with van der Waals surface area (Å²) in [6.45, 7) is 14.0. The third-order valence-electron chi connectivity index (χ3n) is 6.36. The zero-order chi connectivity index (χ0) is 24.2. The minimum Gasteiger partial charge on any atom is -0.488 e. The largest absolute Gasteiger partial charge is 0.488 e. The molecule has 0 unspecified atom stereocenters. The molecule has 0 aliphatic carbocycles. The Morgan fingerprint density at radius 3 is 2.41 bits per heavy atom. The molecule has 4 atom stereocenters. The first-order valence-corrected chi connectivity index (χ1v) is 11.1. The van der Waals surface area contributed by atoms with E-state index in [2.05, 4.69) is 44.0 Å². The number of pyridine rings is 1. The number of nitrogens with one attached hydrogen (secondary N) is 1. The first kappa shape index (κ1) is 25.9. The third-order valence-corrected chi connectivity index (χ3v) is 6.36. The van der Waals surface area contributed by atoms with Crippen LogP contribution in [-0.2, 0) is 11.2 Å². The lowest BCUT2D eigenvalue weighted by molar-refractivity contribution is 0.0564. The summed E-state index contributed by atoms with van der Waals surface area (Å²) < 4.78 is 16.0. The molecule has 6 heteroatoms. The van der Waals surface area contributed by atoms with Gasteiger partial charge in [-0.05, 0) is 48.0 Å². The molecule has 1 saturated heterocycles. The number of aliphatic hydroxyl groups excluding tert-OH is 1. The highest BCUT2D eigenvalue weighted by Crippen LogP contribution is 2.41. The number of aromatic nitrogens is 1. The van der Waals surface area contributed by atoms with Gasteiger partial charge < -0.3 is 24.3 Å². The van der Waals surface area contributed by atoms with Gasteiger partial charge in [0.1, 0.15) is 5.60 Å². The van der Waals surface area contributed by atoms with Crippen LogP contribution < -0.4 is 14.9 Å². The second-order valence-corrected chi connectivity index (χ2v) is 9.20. The van der Waals surface area contributed by atoms with Crippen LogP contribution >= 0.6 is 0 Å². The lowest BCUT2D eigenvalue weighted by Gasteiger charge is -2.20. The predicted octanol–water partition coefficient (Wildman–Crippen LogP) is 4.65. The Hall–Kier alpha value is -2.31. The van der Waals surface area contributed by atoms with Crippen molar-refractivity contribution in [2.24, 2.45) is 5.92 Å². The topological polar surface area (TPSA) is 84.1 Å². The van der Waals surface area contributed by atoms with E-state index in [0.29, 0.717) is 17.9 Å². The fraction of sp³-hybridized carbons (Fsp3) is 0.577. The Morgan fingerprint density at radius 1 is 1.25 bits per heavy atom. The molecule has 6 nitrogen and oxygen atoms in total. The van der Waals surface area contributed by atoms with Gasteiger partial charge in [0.2, 0.25) is 17.1 Å². The van der Waals surface area contributed by atoms with Crippen molar-refractivity contribution in [3.05, 3.63) is 56.4 Å². The summed E-state index contributed by atoms with van der Waals surface area (Å²) in [6, 6.07) is 0. The van der Waals surface area contributed by atoms with Gasteiger partial charge >= 0.3 is 0 Å². The molecule has 0 bridgehead atoms. The molecule has 0 spiro atoms. The number of hydrogen-bond acceptors (Lipinski definition) is 5. The molecule has 0 saturated carbocycles. The molecule has 1 aromatic heterocycles. The molecule has 2 rings (SSSR count). The molecule has 1 aliphatic rings. The Bertz CT molecular complexity index is 971. The van der Waals surface area contributed by atoms with Gasteiger partial charge in [-0.3, -0.25) is 4.79 Å². The van der Waals surface area contributed by atoms with Gasteiger partial charge in [0, 0.05) is 23.6 Å². The number of hydrogen-bond donors (Lipinski definition) is 2. The quantitative estimate of drug-likeness (QED) is 0.311. The SMILES string of the molecule is COc1[nH]c(CC=C(C)CC(C)=CC(C)=C[C@@H](C)[C@@H](O)[C@]2(C)O[C@H]2C)c(C)c(=O)c1OC. The monoisotopic (exact) mass is 445 g/mol. The van der Waals surface area contributed by atoms with Crippen LogP contribution in [0.2, 0.25) is 0 Å². The van der Waals surface area contributed by atoms with Crippen molar-refractivity contribution in [1.82, 2.24) is 4.98 Å². The lowest BCUT2D eigenvalue weighted by atomic mass is 9.89. The van der Waals surface area contributed by atoms with Gasteiger partial charge in [-0.2, -0.15) is 0 Å². The van der Waals surface area contributed by atoms with E-state index < -0.39 is 11.7 Å². The Balaban J connectivity index is 2.05. The van der Waals surface area contributed by atoms with Crippen LogP contribution in [0, 0.1) is 12.8 Å². The smallest absolute Gasteiger partial charge is 0.238 e. The molecule has 2 heterocycles. The van der Waals surface area contributed by atoms with E-state index in [-0.39, 0.29) is 23.2 Å². The molecule has 2 N–H and O–H groups in total. The van der Waals surface area contributed by atoms with Gasteiger partial charge in [-0.15, -0.1) is 0 Å². The zero-order valence-corrected chi connectivity index (χ0v) is 21.0. The van der Waals surface area contributed by atoms with Gasteiger partial charge in [0.25, 0.3) is 0 Å². The second kappa shape index (κ2) is 10.5. The summed E-state index contributed by atoms with van der Waals surface area (Å²) in [5, 5.41) is 10.6.